The van der Waals surface area contributed by atoms with Gasteiger partial charge in [-0.15, -0.1) is 23.7 Å². The lowest BCUT2D eigenvalue weighted by Gasteiger charge is -2.08. The third-order valence-corrected chi connectivity index (χ3v) is 6.50. The number of hydrogen-bond donors (Lipinski definition) is 1. The number of thiazole rings is 2. The Morgan fingerprint density at radius 2 is 2.18 bits per heavy atom. The molecule has 3 aromatic rings. The molecule has 0 fully saturated rings. The van der Waals surface area contributed by atoms with Crippen LogP contribution in [0.1, 0.15) is 23.2 Å². The van der Waals surface area contributed by atoms with Gasteiger partial charge in [0.1, 0.15) is 6.20 Å². The molecule has 0 aliphatic rings. The third kappa shape index (κ3) is 4.95. The molecule has 0 aliphatic carbocycles. The second kappa shape index (κ2) is 9.45. The van der Waals surface area contributed by atoms with Crippen molar-refractivity contribution in [3.63, 3.8) is 0 Å². The molecule has 0 unspecified atom stereocenters. The molecule has 28 heavy (non-hydrogen) atoms. The molecule has 1 aromatic carbocycles. The van der Waals surface area contributed by atoms with Crippen molar-refractivity contribution < 1.29 is 9.72 Å². The first kappa shape index (κ1) is 20.0. The monoisotopic (exact) mass is 430 g/mol. The van der Waals surface area contributed by atoms with Crippen LogP contribution < -0.4 is 5.32 Å². The lowest BCUT2D eigenvalue weighted by Crippen LogP contribution is -2.24. The topological polar surface area (TPSA) is 98.0 Å². The molecule has 10 heteroatoms. The Morgan fingerprint density at radius 3 is 2.93 bits per heavy atom. The van der Waals surface area contributed by atoms with Crippen LogP contribution in [0.5, 0.6) is 0 Å². The van der Waals surface area contributed by atoms with E-state index in [2.05, 4.69) is 21.2 Å². The van der Waals surface area contributed by atoms with E-state index in [9.17, 15) is 14.9 Å². The molecule has 0 radical (unpaired) electrons. The first-order valence-electron chi connectivity index (χ1n) is 8.13. The fourth-order valence-electron chi connectivity index (χ4n) is 2.28. The van der Waals surface area contributed by atoms with Gasteiger partial charge in [0.05, 0.1) is 10.6 Å². The lowest BCUT2D eigenvalue weighted by atomic mass is 10.0. The third-order valence-electron chi connectivity index (χ3n) is 3.54. The number of benzene rings is 1. The van der Waals surface area contributed by atoms with E-state index in [4.69, 9.17) is 6.42 Å². The normalized spacial score (nSPS) is 10.4. The lowest BCUT2D eigenvalue weighted by molar-refractivity contribution is -0.380. The van der Waals surface area contributed by atoms with Crippen LogP contribution in [-0.4, -0.2) is 27.3 Å². The maximum absolute atomic E-state index is 12.5. The van der Waals surface area contributed by atoms with Gasteiger partial charge in [-0.05, 0) is 35.6 Å². The highest BCUT2D eigenvalue weighted by Crippen LogP contribution is 2.37. The van der Waals surface area contributed by atoms with Gasteiger partial charge in [0.2, 0.25) is 0 Å². The Hall–Kier alpha value is -2.74. The molecule has 3 rings (SSSR count). The number of rotatable bonds is 8. The van der Waals surface area contributed by atoms with Crippen LogP contribution >= 0.6 is 34.4 Å². The summed E-state index contributed by atoms with van der Waals surface area (Å²) < 4.78 is 1.25. The summed E-state index contributed by atoms with van der Waals surface area (Å²) in [5.41, 5.74) is 1.94. The molecule has 0 atom stereocenters. The Bertz CT molecular complexity index is 1040. The standard InChI is InChI=1S/C18H14N4O3S3/c1-2-3-6-9-19-16(23)13-8-5-4-7-12(13)14-11-26-18(21-14)28-17-20-10-15(27-17)22(24)25/h1,4-5,7-8,10-11H,3,6,9H2,(H,19,23). The molecule has 0 aliphatic heterocycles. The number of amides is 1. The van der Waals surface area contributed by atoms with E-state index in [0.717, 1.165) is 23.3 Å². The average Bonchev–Trinajstić information content (AvgIpc) is 3.35. The summed E-state index contributed by atoms with van der Waals surface area (Å²) in [6, 6.07) is 7.24. The Kier molecular flexibility index (Phi) is 6.76. The zero-order valence-electron chi connectivity index (χ0n) is 14.5. The number of nitro groups is 1. The van der Waals surface area contributed by atoms with E-state index < -0.39 is 4.92 Å². The number of carbonyl (C=O) groups excluding carboxylic acids is 1. The molecule has 0 spiro atoms. The largest absolute Gasteiger partial charge is 0.352 e. The first-order valence-corrected chi connectivity index (χ1v) is 10.6. The predicted molar refractivity (Wildman–Crippen MR) is 111 cm³/mol. The number of hydrogen-bond acceptors (Lipinski definition) is 8. The minimum Gasteiger partial charge on any atom is -0.352 e. The highest BCUT2D eigenvalue weighted by Gasteiger charge is 2.17. The van der Waals surface area contributed by atoms with Crippen LogP contribution in [0.4, 0.5) is 5.00 Å². The Balaban J connectivity index is 1.74. The summed E-state index contributed by atoms with van der Waals surface area (Å²) in [7, 11) is 0. The van der Waals surface area contributed by atoms with E-state index in [1.54, 1.807) is 12.1 Å². The van der Waals surface area contributed by atoms with Gasteiger partial charge in [-0.2, -0.15) is 0 Å². The van der Waals surface area contributed by atoms with Crippen LogP contribution in [0.2, 0.25) is 0 Å². The van der Waals surface area contributed by atoms with Crippen LogP contribution in [0, 0.1) is 22.5 Å². The van der Waals surface area contributed by atoms with Crippen molar-refractivity contribution in [1.82, 2.24) is 15.3 Å². The SMILES string of the molecule is C#CCCCNC(=O)c1ccccc1-c1csc(Sc2ncc([N+](=O)[O-])s2)n1. The van der Waals surface area contributed by atoms with Crippen LogP contribution in [0.3, 0.4) is 0 Å². The number of nitrogens with zero attached hydrogens (tertiary/aromatic N) is 3. The van der Waals surface area contributed by atoms with Gasteiger partial charge in [-0.3, -0.25) is 14.9 Å². The van der Waals surface area contributed by atoms with E-state index in [0.29, 0.717) is 32.9 Å². The quantitative estimate of drug-likeness (QED) is 0.245. The van der Waals surface area contributed by atoms with Crippen molar-refractivity contribution in [2.45, 2.75) is 21.5 Å². The Morgan fingerprint density at radius 1 is 1.36 bits per heavy atom. The summed E-state index contributed by atoms with van der Waals surface area (Å²) in [5, 5.41) is 15.5. The van der Waals surface area contributed by atoms with E-state index in [1.165, 1.54) is 29.3 Å². The molecule has 0 saturated carbocycles. The van der Waals surface area contributed by atoms with Gasteiger partial charge < -0.3 is 5.32 Å². The molecule has 142 valence electrons. The summed E-state index contributed by atoms with van der Waals surface area (Å²) in [4.78, 5) is 31.4. The van der Waals surface area contributed by atoms with Gasteiger partial charge in [-0.25, -0.2) is 9.97 Å². The fraction of sp³-hybridized carbons (Fsp3) is 0.167. The molecule has 1 N–H and O–H groups in total. The number of carbonyl (C=O) groups is 1. The van der Waals surface area contributed by atoms with E-state index in [1.807, 2.05) is 17.5 Å². The van der Waals surface area contributed by atoms with Crippen molar-refractivity contribution in [1.29, 1.82) is 0 Å². The van der Waals surface area contributed by atoms with Gasteiger partial charge >= 0.3 is 5.00 Å². The minimum absolute atomic E-state index is 0.00821. The number of terminal acetylenes is 1. The van der Waals surface area contributed by atoms with E-state index >= 15 is 0 Å². The van der Waals surface area contributed by atoms with Gasteiger partial charge in [0.15, 0.2) is 8.68 Å². The van der Waals surface area contributed by atoms with Gasteiger partial charge in [0, 0.05) is 29.5 Å². The molecule has 1 amide bonds. The summed E-state index contributed by atoms with van der Waals surface area (Å²) in [5.74, 6) is 2.37. The zero-order chi connectivity index (χ0) is 19.9. The number of aromatic nitrogens is 2. The molecular weight excluding hydrogens is 416 g/mol. The maximum Gasteiger partial charge on any atom is 0.344 e. The van der Waals surface area contributed by atoms with Gasteiger partial charge in [0.25, 0.3) is 5.91 Å². The molecule has 2 aromatic heterocycles. The molecule has 0 saturated heterocycles. The summed E-state index contributed by atoms with van der Waals surface area (Å²) >= 11 is 3.67. The van der Waals surface area contributed by atoms with Crippen LogP contribution in [0.15, 0.2) is 44.5 Å². The van der Waals surface area contributed by atoms with Crippen molar-refractivity contribution in [2.75, 3.05) is 6.54 Å². The molecular formula is C18H14N4O3S3. The predicted octanol–water partition coefficient (Wildman–Crippen LogP) is 4.47. The van der Waals surface area contributed by atoms with Crippen molar-refractivity contribution in [3.8, 4) is 23.6 Å². The van der Waals surface area contributed by atoms with Gasteiger partial charge in [-0.1, -0.05) is 18.2 Å². The molecule has 2 heterocycles. The second-order valence-electron chi connectivity index (χ2n) is 5.43. The molecule has 0 bridgehead atoms. The highest BCUT2D eigenvalue weighted by atomic mass is 32.2. The van der Waals surface area contributed by atoms with Crippen molar-refractivity contribution in [2.24, 2.45) is 0 Å². The first-order chi connectivity index (χ1) is 13.6. The number of nitrogens with one attached hydrogen (secondary N) is 1. The Labute approximate surface area is 173 Å². The molecule has 7 nitrogen and oxygen atoms in total. The van der Waals surface area contributed by atoms with E-state index in [-0.39, 0.29) is 10.9 Å². The summed E-state index contributed by atoms with van der Waals surface area (Å²) in [6.07, 6.45) is 7.80. The zero-order valence-corrected chi connectivity index (χ0v) is 16.9. The average molecular weight is 431 g/mol. The van der Waals surface area contributed by atoms with Crippen molar-refractivity contribution >= 4 is 45.3 Å². The number of unbranched alkanes of at least 4 members (excludes halogenated alkanes) is 1. The highest BCUT2D eigenvalue weighted by molar-refractivity contribution is 8.02. The summed E-state index contributed by atoms with van der Waals surface area (Å²) in [6.45, 7) is 0.512. The minimum atomic E-state index is -0.465. The second-order valence-corrected chi connectivity index (χ2v) is 8.79. The van der Waals surface area contributed by atoms with Crippen LogP contribution in [0.25, 0.3) is 11.3 Å². The van der Waals surface area contributed by atoms with Crippen molar-refractivity contribution in [3.05, 3.63) is 51.5 Å². The fourth-order valence-corrected chi connectivity index (χ4v) is 5.07. The smallest absolute Gasteiger partial charge is 0.344 e. The van der Waals surface area contributed by atoms with Crippen LogP contribution in [-0.2, 0) is 0 Å². The maximum atomic E-state index is 12.5.